The molecule has 0 N–H and O–H groups in total. The van der Waals surface area contributed by atoms with Gasteiger partial charge in [0.1, 0.15) is 11.5 Å². The molecule has 2 aromatic carbocycles. The highest BCUT2D eigenvalue weighted by atomic mass is 16.5. The Kier molecular flexibility index (Phi) is 6.70. The SMILES string of the molecule is CCOc1ccc(C2N(C(=O)CCOC)[C@@H]3C(C)(C)[C@H]4C[C@@]35CCO[C@@H](c3ccc(OCC)cc3)[C@@]25C4)cc1. The number of fused-ring (bicyclic) bond motifs is 1. The second kappa shape index (κ2) is 9.81. The van der Waals surface area contributed by atoms with E-state index in [4.69, 9.17) is 18.9 Å². The topological polar surface area (TPSA) is 57.2 Å². The number of nitrogens with zero attached hydrogens (tertiary/aromatic N) is 1. The fraction of sp³-hybridized carbons (Fsp3) is 0.606. The highest BCUT2D eigenvalue weighted by Gasteiger charge is 2.83. The van der Waals surface area contributed by atoms with Crippen LogP contribution in [0.4, 0.5) is 0 Å². The molecule has 1 unspecified atom stereocenters. The summed E-state index contributed by atoms with van der Waals surface area (Å²) in [6.07, 6.45) is 3.50. The van der Waals surface area contributed by atoms with Gasteiger partial charge in [-0.2, -0.15) is 0 Å². The van der Waals surface area contributed by atoms with Gasteiger partial charge in [-0.1, -0.05) is 38.1 Å². The van der Waals surface area contributed by atoms with E-state index in [2.05, 4.69) is 67.3 Å². The monoisotopic (exact) mass is 533 g/mol. The van der Waals surface area contributed by atoms with Crippen LogP contribution in [-0.4, -0.2) is 50.4 Å². The Morgan fingerprint density at radius 2 is 1.56 bits per heavy atom. The number of carbonyl (C=O) groups is 1. The molecule has 6 atom stereocenters. The highest BCUT2D eigenvalue weighted by Crippen LogP contribution is 2.85. The van der Waals surface area contributed by atoms with Crippen molar-refractivity contribution >= 4 is 5.91 Å². The van der Waals surface area contributed by atoms with Crippen LogP contribution in [0.3, 0.4) is 0 Å². The maximum Gasteiger partial charge on any atom is 0.225 e. The van der Waals surface area contributed by atoms with E-state index < -0.39 is 0 Å². The Hall–Kier alpha value is -2.57. The number of carbonyl (C=O) groups excluding carboxylic acids is 1. The summed E-state index contributed by atoms with van der Waals surface area (Å²) < 4.78 is 23.8. The molecule has 2 saturated carbocycles. The van der Waals surface area contributed by atoms with Crippen LogP contribution in [0.15, 0.2) is 48.5 Å². The summed E-state index contributed by atoms with van der Waals surface area (Å²) in [7, 11) is 1.67. The van der Waals surface area contributed by atoms with Crippen molar-refractivity contribution in [3.8, 4) is 11.5 Å². The maximum atomic E-state index is 14.2. The zero-order chi connectivity index (χ0) is 27.4. The summed E-state index contributed by atoms with van der Waals surface area (Å²) in [4.78, 5) is 16.5. The molecule has 2 aromatic rings. The molecule has 1 spiro atoms. The molecule has 210 valence electrons. The lowest BCUT2D eigenvalue weighted by atomic mass is 9.51. The molecule has 2 aliphatic carbocycles. The number of rotatable bonds is 9. The molecule has 2 heterocycles. The van der Waals surface area contributed by atoms with Crippen LogP contribution in [0.1, 0.15) is 76.7 Å². The quantitative estimate of drug-likeness (QED) is 0.376. The third-order valence-electron chi connectivity index (χ3n) is 10.6. The van der Waals surface area contributed by atoms with Crippen molar-refractivity contribution in [1.29, 1.82) is 0 Å². The number of ether oxygens (including phenoxy) is 4. The van der Waals surface area contributed by atoms with E-state index in [1.807, 2.05) is 13.8 Å². The van der Waals surface area contributed by atoms with E-state index in [0.717, 1.165) is 37.4 Å². The van der Waals surface area contributed by atoms with Crippen LogP contribution in [-0.2, 0) is 14.3 Å². The fourth-order valence-corrected chi connectivity index (χ4v) is 9.31. The summed E-state index contributed by atoms with van der Waals surface area (Å²) in [5.74, 6) is 2.47. The standard InChI is InChI=1S/C33H43NO5/c1-6-37-25-12-8-22(9-13-25)28-33-21-24-20-32(33,30(31(24,3)4)34(28)27(35)16-18-36-5)17-19-39-29(33)23-10-14-26(15-11-23)38-7-2/h8-15,24,28-30H,6-7,16-21H2,1-5H3/t24-,28?,29-,30+,32-,33+/m0/s1. The van der Waals surface area contributed by atoms with Gasteiger partial charge in [0.05, 0.1) is 38.4 Å². The predicted octanol–water partition coefficient (Wildman–Crippen LogP) is 6.36. The highest BCUT2D eigenvalue weighted by molar-refractivity contribution is 5.79. The van der Waals surface area contributed by atoms with Gasteiger partial charge in [-0.15, -0.1) is 0 Å². The van der Waals surface area contributed by atoms with Crippen molar-refractivity contribution in [2.75, 3.05) is 33.5 Å². The Morgan fingerprint density at radius 3 is 2.15 bits per heavy atom. The molecule has 0 radical (unpaired) electrons. The van der Waals surface area contributed by atoms with Crippen LogP contribution in [0.2, 0.25) is 0 Å². The van der Waals surface area contributed by atoms with Gasteiger partial charge in [-0.3, -0.25) is 4.79 Å². The van der Waals surface area contributed by atoms with E-state index in [-0.39, 0.29) is 40.3 Å². The fourth-order valence-electron chi connectivity index (χ4n) is 9.31. The van der Waals surface area contributed by atoms with Crippen LogP contribution in [0.25, 0.3) is 0 Å². The first-order valence-electron chi connectivity index (χ1n) is 14.7. The average Bonchev–Trinajstić information content (AvgIpc) is 3.47. The molecule has 2 aliphatic heterocycles. The van der Waals surface area contributed by atoms with E-state index in [0.29, 0.717) is 32.2 Å². The van der Waals surface area contributed by atoms with Gasteiger partial charge in [-0.25, -0.2) is 0 Å². The van der Waals surface area contributed by atoms with Crippen LogP contribution in [0.5, 0.6) is 11.5 Å². The van der Waals surface area contributed by atoms with Crippen LogP contribution < -0.4 is 9.47 Å². The second-order valence-electron chi connectivity index (χ2n) is 12.5. The van der Waals surface area contributed by atoms with Crippen molar-refractivity contribution in [1.82, 2.24) is 4.90 Å². The van der Waals surface area contributed by atoms with Gasteiger partial charge in [-0.05, 0) is 79.8 Å². The molecule has 6 rings (SSSR count). The predicted molar refractivity (Wildman–Crippen MR) is 150 cm³/mol. The summed E-state index contributed by atoms with van der Waals surface area (Å²) in [5.41, 5.74) is 2.19. The lowest BCUT2D eigenvalue weighted by Crippen LogP contribution is -2.55. The van der Waals surface area contributed by atoms with Gasteiger partial charge in [0.25, 0.3) is 0 Å². The molecule has 4 fully saturated rings. The van der Waals surface area contributed by atoms with Crippen molar-refractivity contribution in [3.63, 3.8) is 0 Å². The lowest BCUT2D eigenvalue weighted by molar-refractivity contribution is -0.164. The third kappa shape index (κ3) is 3.70. The van der Waals surface area contributed by atoms with Gasteiger partial charge < -0.3 is 23.8 Å². The molecule has 2 bridgehead atoms. The first-order valence-corrected chi connectivity index (χ1v) is 14.7. The number of hydrogen-bond acceptors (Lipinski definition) is 5. The van der Waals surface area contributed by atoms with Gasteiger partial charge in [0, 0.05) is 30.6 Å². The normalized spacial score (nSPS) is 33.7. The van der Waals surface area contributed by atoms with Gasteiger partial charge >= 0.3 is 0 Å². The van der Waals surface area contributed by atoms with Gasteiger partial charge in [0.2, 0.25) is 5.91 Å². The van der Waals surface area contributed by atoms with Crippen molar-refractivity contribution in [3.05, 3.63) is 59.7 Å². The zero-order valence-corrected chi connectivity index (χ0v) is 24.1. The van der Waals surface area contributed by atoms with Crippen molar-refractivity contribution < 1.29 is 23.7 Å². The number of amides is 1. The first-order chi connectivity index (χ1) is 18.8. The summed E-state index contributed by atoms with van der Waals surface area (Å²) in [6, 6.07) is 17.1. The van der Waals surface area contributed by atoms with Gasteiger partial charge in [0.15, 0.2) is 0 Å². The number of methoxy groups -OCH3 is 1. The first kappa shape index (κ1) is 26.6. The molecule has 6 heteroatoms. The number of hydrogen-bond donors (Lipinski definition) is 0. The van der Waals surface area contributed by atoms with E-state index in [1.54, 1.807) is 7.11 Å². The molecule has 4 aliphatic rings. The Morgan fingerprint density at radius 1 is 0.949 bits per heavy atom. The number of likely N-dealkylation sites (tertiary alicyclic amines) is 1. The lowest BCUT2D eigenvalue weighted by Gasteiger charge is -2.55. The number of benzene rings is 2. The van der Waals surface area contributed by atoms with Crippen molar-refractivity contribution in [2.45, 2.75) is 71.6 Å². The third-order valence-corrected chi connectivity index (χ3v) is 10.6. The Bertz CT molecular complexity index is 1190. The molecule has 2 saturated heterocycles. The molecule has 39 heavy (non-hydrogen) atoms. The minimum Gasteiger partial charge on any atom is -0.494 e. The van der Waals surface area contributed by atoms with E-state index >= 15 is 0 Å². The molecule has 0 aromatic heterocycles. The maximum absolute atomic E-state index is 14.2. The Labute approximate surface area is 233 Å². The molecule has 1 amide bonds. The van der Waals surface area contributed by atoms with E-state index in [9.17, 15) is 4.79 Å². The smallest absolute Gasteiger partial charge is 0.225 e. The second-order valence-corrected chi connectivity index (χ2v) is 12.5. The zero-order valence-electron chi connectivity index (χ0n) is 24.1. The minimum absolute atomic E-state index is 0.00859. The van der Waals surface area contributed by atoms with Crippen LogP contribution >= 0.6 is 0 Å². The van der Waals surface area contributed by atoms with Crippen LogP contribution in [0, 0.1) is 22.2 Å². The molecule has 6 nitrogen and oxygen atoms in total. The summed E-state index contributed by atoms with van der Waals surface area (Å²) >= 11 is 0. The largest absolute Gasteiger partial charge is 0.494 e. The van der Waals surface area contributed by atoms with E-state index in [1.165, 1.54) is 11.1 Å². The Balaban J connectivity index is 1.53. The molecular weight excluding hydrogens is 490 g/mol. The minimum atomic E-state index is -0.209. The van der Waals surface area contributed by atoms with Crippen molar-refractivity contribution in [2.24, 2.45) is 22.2 Å². The summed E-state index contributed by atoms with van der Waals surface area (Å²) in [6.45, 7) is 11.2. The molecular formula is C33H43NO5. The summed E-state index contributed by atoms with van der Waals surface area (Å²) in [5, 5.41) is 0. The average molecular weight is 534 g/mol.